The molecular formula is H9BeNaO5Si. The van der Waals surface area contributed by atoms with Crippen LogP contribution in [0.5, 0.6) is 0 Å². The van der Waals surface area contributed by atoms with Gasteiger partial charge in [0.05, 0.1) is 0 Å². The quantitative estimate of drug-likeness (QED) is 0.256. The first-order chi connectivity index (χ1) is 2.00. The Morgan fingerprint density at radius 2 is 1.00 bits per heavy atom. The Hall–Kier alpha value is 1.19. The van der Waals surface area contributed by atoms with Gasteiger partial charge in [0.1, 0.15) is 0 Å². The van der Waals surface area contributed by atoms with Crippen molar-refractivity contribution in [3.05, 3.63) is 0 Å². The molecule has 0 saturated heterocycles. The van der Waals surface area contributed by atoms with Gasteiger partial charge in [-0.05, 0) is 0 Å². The summed E-state index contributed by atoms with van der Waals surface area (Å²) in [5.41, 5.74) is 0. The molecular weight excluding hydrogens is 140 g/mol. The Bertz CT molecular complexity index is 37.2. The van der Waals surface area contributed by atoms with Gasteiger partial charge < -0.3 is 28.9 Å². The zero-order valence-electron chi connectivity index (χ0n) is 7.50. The predicted molar refractivity (Wildman–Crippen MR) is 27.3 cm³/mol. The maximum atomic E-state index is 7.33. The summed E-state index contributed by atoms with van der Waals surface area (Å²) in [7, 11) is -4.61. The monoisotopic (exact) mass is 149 g/mol. The standard InChI is InChI=1S/Be.Na.H4O4Si.H2O.3H/c;;1-5(2,3)4;;;;/h;;1-4H;1H2;;;/q+2;+1;;;3*-1. The molecule has 0 bridgehead atoms. The van der Waals surface area contributed by atoms with Gasteiger partial charge in [-0.25, -0.2) is 0 Å². The molecule has 0 unspecified atom stereocenters. The summed E-state index contributed by atoms with van der Waals surface area (Å²) in [5, 5.41) is 0. The molecule has 0 fully saturated rings. The molecule has 0 aliphatic carbocycles. The van der Waals surface area contributed by atoms with Crippen LogP contribution < -0.4 is 29.6 Å². The van der Waals surface area contributed by atoms with Gasteiger partial charge in [0.15, 0.2) is 0 Å². The third kappa shape index (κ3) is 196. The van der Waals surface area contributed by atoms with Gasteiger partial charge in [0.2, 0.25) is 0 Å². The van der Waals surface area contributed by atoms with Crippen LogP contribution >= 0.6 is 0 Å². The smallest absolute Gasteiger partial charge is 1.00 e. The summed E-state index contributed by atoms with van der Waals surface area (Å²) in [4.78, 5) is 29.3. The minimum Gasteiger partial charge on any atom is -1.00 e. The number of hydrogen-bond acceptors (Lipinski definition) is 4. The van der Waals surface area contributed by atoms with Crippen molar-refractivity contribution >= 4 is 19.2 Å². The Kier molecular flexibility index (Phi) is 23.4. The molecule has 0 aliphatic rings. The van der Waals surface area contributed by atoms with Crippen LogP contribution in [0.4, 0.5) is 0 Å². The van der Waals surface area contributed by atoms with Crippen LogP contribution in [0.2, 0.25) is 0 Å². The van der Waals surface area contributed by atoms with Gasteiger partial charge in [-0.3, -0.25) is 0 Å². The SMILES string of the molecule is O.O[Si](O)(O)O.[Be+2].[H-].[H-].[H-].[Na+]. The minimum atomic E-state index is -4.61. The van der Waals surface area contributed by atoms with E-state index in [1.165, 1.54) is 0 Å². The van der Waals surface area contributed by atoms with Gasteiger partial charge in [-0.2, -0.15) is 0 Å². The second-order valence-corrected chi connectivity index (χ2v) is 1.80. The van der Waals surface area contributed by atoms with Crippen molar-refractivity contribution in [2.75, 3.05) is 0 Å². The van der Waals surface area contributed by atoms with E-state index in [9.17, 15) is 0 Å². The Morgan fingerprint density at radius 3 is 1.00 bits per heavy atom. The second-order valence-electron chi connectivity index (χ2n) is 0.600. The van der Waals surface area contributed by atoms with E-state index in [1.54, 1.807) is 0 Å². The van der Waals surface area contributed by atoms with Crippen molar-refractivity contribution < 1.29 is 58.5 Å². The molecule has 5 nitrogen and oxygen atoms in total. The molecule has 8 heteroatoms. The van der Waals surface area contributed by atoms with Crippen molar-refractivity contribution in [1.82, 2.24) is 0 Å². The number of hydrogen-bond donors (Lipinski definition) is 4. The predicted octanol–water partition coefficient (Wildman–Crippen LogP) is -6.47. The number of rotatable bonds is 0. The maximum Gasteiger partial charge on any atom is 2.00 e. The van der Waals surface area contributed by atoms with E-state index in [0.29, 0.717) is 0 Å². The van der Waals surface area contributed by atoms with Crippen LogP contribution in [-0.2, 0) is 0 Å². The van der Waals surface area contributed by atoms with Crippen LogP contribution in [-0.4, -0.2) is 43.8 Å². The molecule has 6 N–H and O–H groups in total. The molecule has 0 rings (SSSR count). The van der Waals surface area contributed by atoms with Gasteiger partial charge in [-0.1, -0.05) is 0 Å². The largest absolute Gasteiger partial charge is 2.00 e. The molecule has 0 heterocycles. The summed E-state index contributed by atoms with van der Waals surface area (Å²) >= 11 is 0. The van der Waals surface area contributed by atoms with Crippen molar-refractivity contribution in [2.24, 2.45) is 0 Å². The molecule has 0 spiro atoms. The average Bonchev–Trinajstić information content (AvgIpc) is 0.722. The fourth-order valence-electron chi connectivity index (χ4n) is 0. The van der Waals surface area contributed by atoms with Crippen molar-refractivity contribution in [3.63, 3.8) is 0 Å². The van der Waals surface area contributed by atoms with Crippen molar-refractivity contribution in [3.8, 4) is 0 Å². The molecule has 46 valence electrons. The van der Waals surface area contributed by atoms with Gasteiger partial charge in [0, 0.05) is 0 Å². The van der Waals surface area contributed by atoms with E-state index in [4.69, 9.17) is 19.2 Å². The van der Waals surface area contributed by atoms with E-state index >= 15 is 0 Å². The summed E-state index contributed by atoms with van der Waals surface area (Å²) in [6.07, 6.45) is 0. The molecule has 0 aromatic heterocycles. The second kappa shape index (κ2) is 8.19. The van der Waals surface area contributed by atoms with Gasteiger partial charge in [-0.15, -0.1) is 0 Å². The fourth-order valence-corrected chi connectivity index (χ4v) is 0. The van der Waals surface area contributed by atoms with Crippen LogP contribution in [0.3, 0.4) is 0 Å². The first-order valence-corrected chi connectivity index (χ1v) is 2.68. The molecule has 0 atom stereocenters. The Labute approximate surface area is 77.7 Å². The summed E-state index contributed by atoms with van der Waals surface area (Å²) in [5.74, 6) is 0. The summed E-state index contributed by atoms with van der Waals surface area (Å²) < 4.78 is 0. The van der Waals surface area contributed by atoms with E-state index in [-0.39, 0.29) is 49.4 Å². The fraction of sp³-hybridized carbons (Fsp3) is 0. The zero-order chi connectivity index (χ0) is 4.50. The minimum absolute atomic E-state index is 0. The Morgan fingerprint density at radius 1 is 1.00 bits per heavy atom. The molecule has 0 aromatic carbocycles. The summed E-state index contributed by atoms with van der Waals surface area (Å²) in [6.45, 7) is 0. The van der Waals surface area contributed by atoms with Crippen LogP contribution in [0.1, 0.15) is 4.28 Å². The first-order valence-electron chi connectivity index (χ1n) is 0.894. The van der Waals surface area contributed by atoms with Crippen LogP contribution in [0.15, 0.2) is 0 Å². The summed E-state index contributed by atoms with van der Waals surface area (Å²) in [6, 6.07) is 0. The third-order valence-electron chi connectivity index (χ3n) is 0. The van der Waals surface area contributed by atoms with E-state index in [0.717, 1.165) is 0 Å². The average molecular weight is 149 g/mol. The Balaban J connectivity index is -0.00000000533. The molecule has 0 amide bonds. The van der Waals surface area contributed by atoms with Gasteiger partial charge >= 0.3 is 48.7 Å². The van der Waals surface area contributed by atoms with Crippen molar-refractivity contribution in [1.29, 1.82) is 0 Å². The van der Waals surface area contributed by atoms with Gasteiger partial charge in [0.25, 0.3) is 0 Å². The zero-order valence-corrected chi connectivity index (χ0v) is 7.50. The third-order valence-corrected chi connectivity index (χ3v) is 0. The van der Waals surface area contributed by atoms with E-state index in [2.05, 4.69) is 0 Å². The maximum absolute atomic E-state index is 7.33. The topological polar surface area (TPSA) is 112 Å². The van der Waals surface area contributed by atoms with Crippen molar-refractivity contribution in [2.45, 2.75) is 0 Å². The van der Waals surface area contributed by atoms with E-state index in [1.807, 2.05) is 0 Å². The molecule has 0 saturated carbocycles. The molecule has 0 radical (unpaired) electrons. The van der Waals surface area contributed by atoms with Crippen LogP contribution in [0, 0.1) is 0 Å². The molecule has 0 aliphatic heterocycles. The molecule has 0 aromatic rings. The van der Waals surface area contributed by atoms with E-state index < -0.39 is 9.05 Å². The normalized spacial score (nSPS) is 7.50. The first kappa shape index (κ1) is 22.9. The molecule has 8 heavy (non-hydrogen) atoms. The van der Waals surface area contributed by atoms with Crippen LogP contribution in [0.25, 0.3) is 0 Å².